The van der Waals surface area contributed by atoms with E-state index in [1.165, 1.54) is 19.2 Å². The summed E-state index contributed by atoms with van der Waals surface area (Å²) in [6, 6.07) is 5.05. The lowest BCUT2D eigenvalue weighted by Gasteiger charge is -2.40. The van der Waals surface area contributed by atoms with Crippen molar-refractivity contribution in [3.8, 4) is 0 Å². The number of ether oxygens (including phenoxy) is 2. The average Bonchev–Trinajstić information content (AvgIpc) is 2.54. The Kier molecular flexibility index (Phi) is 5.81. The lowest BCUT2D eigenvalue weighted by atomic mass is 9.98. The quantitative estimate of drug-likeness (QED) is 0.368. The van der Waals surface area contributed by atoms with Gasteiger partial charge in [0.05, 0.1) is 23.1 Å². The molecule has 10 heteroatoms. The minimum absolute atomic E-state index is 0.0610. The molecule has 0 aliphatic carbocycles. The van der Waals surface area contributed by atoms with E-state index in [9.17, 15) is 13.5 Å². The number of hydrogen-bond donors (Lipinski definition) is 1. The molecule has 5 atom stereocenters. The third-order valence-electron chi connectivity index (χ3n) is 3.75. The van der Waals surface area contributed by atoms with Crippen molar-refractivity contribution in [3.05, 3.63) is 40.3 Å². The molecule has 1 aliphatic rings. The predicted molar refractivity (Wildman–Crippen MR) is 83.5 cm³/mol. The largest absolute Gasteiger partial charge is 0.390 e. The van der Waals surface area contributed by atoms with Gasteiger partial charge in [0.25, 0.3) is 10.1 Å². The number of aryl methyl sites for hydroxylation is 1. The molecule has 1 aromatic rings. The first-order chi connectivity index (χ1) is 11.3. The lowest BCUT2D eigenvalue weighted by Crippen LogP contribution is -2.57. The minimum atomic E-state index is -4.16. The van der Waals surface area contributed by atoms with E-state index in [4.69, 9.17) is 19.2 Å². The fraction of sp³-hybridized carbons (Fsp3) is 0.571. The second kappa shape index (κ2) is 7.47. The Labute approximate surface area is 139 Å². The van der Waals surface area contributed by atoms with Crippen LogP contribution in [0.15, 0.2) is 34.3 Å². The molecule has 1 N–H and O–H groups in total. The van der Waals surface area contributed by atoms with E-state index < -0.39 is 40.8 Å². The van der Waals surface area contributed by atoms with Crippen molar-refractivity contribution >= 4 is 10.1 Å². The first kappa shape index (κ1) is 18.7. The van der Waals surface area contributed by atoms with Crippen LogP contribution in [0.2, 0.25) is 0 Å². The molecule has 0 radical (unpaired) electrons. The number of hydrogen-bond acceptors (Lipinski definition) is 7. The third kappa shape index (κ3) is 3.86. The Morgan fingerprint density at radius 1 is 1.33 bits per heavy atom. The van der Waals surface area contributed by atoms with E-state index in [1.807, 2.05) is 6.92 Å². The summed E-state index contributed by atoms with van der Waals surface area (Å²) in [5.74, 6) is 0. The number of aliphatic hydroxyl groups excluding tert-OH is 1. The van der Waals surface area contributed by atoms with Crippen LogP contribution < -0.4 is 0 Å². The fourth-order valence-corrected chi connectivity index (χ4v) is 3.50. The summed E-state index contributed by atoms with van der Waals surface area (Å²) in [5, 5.41) is 13.8. The maximum Gasteiger partial charge on any atom is 0.297 e. The van der Waals surface area contributed by atoms with Gasteiger partial charge in [-0.3, -0.25) is 4.18 Å². The number of benzene rings is 1. The van der Waals surface area contributed by atoms with Crippen LogP contribution in [-0.2, 0) is 23.8 Å². The van der Waals surface area contributed by atoms with Crippen molar-refractivity contribution < 1.29 is 27.2 Å². The highest BCUT2D eigenvalue weighted by Crippen LogP contribution is 2.29. The summed E-state index contributed by atoms with van der Waals surface area (Å²) < 4.78 is 40.5. The van der Waals surface area contributed by atoms with Gasteiger partial charge in [-0.15, -0.1) is 0 Å². The van der Waals surface area contributed by atoms with Gasteiger partial charge in [-0.1, -0.05) is 22.8 Å². The fourth-order valence-electron chi connectivity index (χ4n) is 2.42. The topological polar surface area (TPSA) is 131 Å². The predicted octanol–water partition coefficient (Wildman–Crippen LogP) is 1.50. The monoisotopic (exact) mass is 357 g/mol. The van der Waals surface area contributed by atoms with E-state index in [0.29, 0.717) is 0 Å². The molecule has 0 bridgehead atoms. The lowest BCUT2D eigenvalue weighted by molar-refractivity contribution is -0.252. The summed E-state index contributed by atoms with van der Waals surface area (Å²) >= 11 is 0. The summed E-state index contributed by atoms with van der Waals surface area (Å²) in [6.07, 6.45) is -4.56. The first-order valence-corrected chi connectivity index (χ1v) is 8.61. The van der Waals surface area contributed by atoms with Crippen molar-refractivity contribution in [2.45, 2.75) is 49.4 Å². The van der Waals surface area contributed by atoms with Crippen LogP contribution in [-0.4, -0.2) is 51.3 Å². The molecule has 1 heterocycles. The Hall–Kier alpha value is -1.68. The SMILES string of the molecule is COC1OC(C)C(N=[N+]=[N-])C(O)C1OS(=O)(=O)c1ccc(C)cc1. The van der Waals surface area contributed by atoms with Crippen LogP contribution in [0.3, 0.4) is 0 Å². The summed E-state index contributed by atoms with van der Waals surface area (Å²) in [6.45, 7) is 3.40. The second-order valence-electron chi connectivity index (χ2n) is 5.46. The molecule has 0 aromatic heterocycles. The maximum atomic E-state index is 12.4. The zero-order valence-corrected chi connectivity index (χ0v) is 14.3. The molecule has 0 saturated carbocycles. The zero-order valence-electron chi connectivity index (χ0n) is 13.4. The number of nitrogens with zero attached hydrogens (tertiary/aromatic N) is 3. The molecular formula is C14H19N3O6S. The van der Waals surface area contributed by atoms with Gasteiger partial charge in [0.15, 0.2) is 12.4 Å². The molecule has 132 valence electrons. The minimum Gasteiger partial charge on any atom is -0.390 e. The first-order valence-electron chi connectivity index (χ1n) is 7.20. The molecule has 9 nitrogen and oxygen atoms in total. The molecule has 1 fully saturated rings. The standard InChI is InChI=1S/C14H19N3O6S/c1-8-4-6-10(7-5-8)24(19,20)23-13-12(18)11(16-17-15)9(2)22-14(13)21-3/h4-7,9,11-14,18H,1-3H3. The van der Waals surface area contributed by atoms with Gasteiger partial charge in [-0.05, 0) is 31.5 Å². The van der Waals surface area contributed by atoms with Crippen LogP contribution in [0.5, 0.6) is 0 Å². The van der Waals surface area contributed by atoms with Gasteiger partial charge >= 0.3 is 0 Å². The highest BCUT2D eigenvalue weighted by atomic mass is 32.2. The van der Waals surface area contributed by atoms with Gasteiger partial charge < -0.3 is 14.6 Å². The summed E-state index contributed by atoms with van der Waals surface area (Å²) in [7, 11) is -2.86. The van der Waals surface area contributed by atoms with E-state index in [1.54, 1.807) is 19.1 Å². The average molecular weight is 357 g/mol. The van der Waals surface area contributed by atoms with Crippen molar-refractivity contribution in [2.75, 3.05) is 7.11 Å². The van der Waals surface area contributed by atoms with E-state index in [0.717, 1.165) is 5.56 Å². The molecule has 5 unspecified atom stereocenters. The molecule has 24 heavy (non-hydrogen) atoms. The molecular weight excluding hydrogens is 338 g/mol. The van der Waals surface area contributed by atoms with Crippen LogP contribution in [0.25, 0.3) is 10.4 Å². The van der Waals surface area contributed by atoms with Crippen LogP contribution in [0, 0.1) is 6.92 Å². The second-order valence-corrected chi connectivity index (χ2v) is 7.03. The maximum absolute atomic E-state index is 12.4. The van der Waals surface area contributed by atoms with Crippen LogP contribution >= 0.6 is 0 Å². The van der Waals surface area contributed by atoms with Gasteiger partial charge in [0, 0.05) is 12.0 Å². The molecule has 1 aliphatic heterocycles. The normalized spacial score (nSPS) is 30.6. The van der Waals surface area contributed by atoms with Gasteiger partial charge in [0.1, 0.15) is 0 Å². The Balaban J connectivity index is 2.30. The van der Waals surface area contributed by atoms with Crippen molar-refractivity contribution in [1.82, 2.24) is 0 Å². The van der Waals surface area contributed by atoms with Gasteiger partial charge in [-0.2, -0.15) is 8.42 Å². The molecule has 2 rings (SSSR count). The van der Waals surface area contributed by atoms with Crippen LogP contribution in [0.1, 0.15) is 12.5 Å². The summed E-state index contributed by atoms with van der Waals surface area (Å²) in [4.78, 5) is 2.59. The van der Waals surface area contributed by atoms with E-state index in [2.05, 4.69) is 10.0 Å². The number of methoxy groups -OCH3 is 1. The van der Waals surface area contributed by atoms with E-state index >= 15 is 0 Å². The molecule has 0 amide bonds. The highest BCUT2D eigenvalue weighted by Gasteiger charge is 2.46. The Bertz CT molecular complexity index is 717. The van der Waals surface area contributed by atoms with E-state index in [-0.39, 0.29) is 4.90 Å². The Morgan fingerprint density at radius 3 is 2.50 bits per heavy atom. The smallest absolute Gasteiger partial charge is 0.297 e. The molecule has 0 spiro atoms. The zero-order chi connectivity index (χ0) is 17.9. The number of rotatable bonds is 5. The van der Waals surface area contributed by atoms with Gasteiger partial charge in [0.2, 0.25) is 0 Å². The van der Waals surface area contributed by atoms with Crippen molar-refractivity contribution in [2.24, 2.45) is 5.11 Å². The number of azide groups is 1. The Morgan fingerprint density at radius 2 is 1.96 bits per heavy atom. The highest BCUT2D eigenvalue weighted by molar-refractivity contribution is 7.86. The molecule has 1 aromatic carbocycles. The van der Waals surface area contributed by atoms with Crippen molar-refractivity contribution in [1.29, 1.82) is 0 Å². The third-order valence-corrected chi connectivity index (χ3v) is 5.07. The van der Waals surface area contributed by atoms with Crippen molar-refractivity contribution in [3.63, 3.8) is 0 Å². The summed E-state index contributed by atoms with van der Waals surface area (Å²) in [5.41, 5.74) is 9.49. The molecule has 1 saturated heterocycles. The van der Waals surface area contributed by atoms with Crippen LogP contribution in [0.4, 0.5) is 0 Å². The van der Waals surface area contributed by atoms with Gasteiger partial charge in [-0.25, -0.2) is 0 Å². The number of aliphatic hydroxyl groups is 1.